The standard InChI is InChI=1S/C25H32N8O6/c1-26-24(38)20(34)8-7-16(29-23(37)19-12-27-31-32(19)2)22(36)30-17-4-3-9-33(25(17)39)13-21(35)28-18-11-14-5-6-15(18)10-14/h3-4,9,12,14-16,18H,5-8,10-11,13H2,1-2H3,(H,26,38)(H,28,35)(H,29,37)(H,30,36)/t14?,15?,16-,18+/m0/s1. The number of hydrogen-bond acceptors (Lipinski definition) is 8. The van der Waals surface area contributed by atoms with Crippen molar-refractivity contribution in [3.63, 3.8) is 0 Å². The quantitative estimate of drug-likeness (QED) is 0.264. The van der Waals surface area contributed by atoms with Crippen molar-refractivity contribution in [3.8, 4) is 0 Å². The molecule has 2 heterocycles. The van der Waals surface area contributed by atoms with Gasteiger partial charge >= 0.3 is 0 Å². The molecule has 2 bridgehead atoms. The van der Waals surface area contributed by atoms with E-state index >= 15 is 0 Å². The Morgan fingerprint density at radius 3 is 2.59 bits per heavy atom. The monoisotopic (exact) mass is 540 g/mol. The average Bonchev–Trinajstić information content (AvgIpc) is 3.65. The number of ketones is 1. The van der Waals surface area contributed by atoms with Crippen molar-refractivity contribution in [2.45, 2.75) is 57.2 Å². The average molecular weight is 541 g/mol. The van der Waals surface area contributed by atoms with Crippen LogP contribution in [0.5, 0.6) is 0 Å². The van der Waals surface area contributed by atoms with Crippen LogP contribution in [0.4, 0.5) is 5.69 Å². The summed E-state index contributed by atoms with van der Waals surface area (Å²) in [4.78, 5) is 75.1. The number of carbonyl (C=O) groups excluding carboxylic acids is 5. The second-order valence-electron chi connectivity index (χ2n) is 10.0. The molecular formula is C25H32N8O6. The highest BCUT2D eigenvalue weighted by molar-refractivity contribution is 6.36. The molecule has 4 N–H and O–H groups in total. The Hall–Kier alpha value is -4.36. The van der Waals surface area contributed by atoms with Crippen LogP contribution in [0.2, 0.25) is 0 Å². The summed E-state index contributed by atoms with van der Waals surface area (Å²) in [6.07, 6.45) is 6.54. The molecule has 0 spiro atoms. The number of aryl methyl sites for hydroxylation is 1. The molecule has 0 radical (unpaired) electrons. The van der Waals surface area contributed by atoms with Crippen molar-refractivity contribution < 1.29 is 24.0 Å². The maximum Gasteiger partial charge on any atom is 0.287 e. The zero-order valence-electron chi connectivity index (χ0n) is 21.8. The summed E-state index contributed by atoms with van der Waals surface area (Å²) in [6.45, 7) is -0.204. The number of Topliss-reactive ketones (excluding diaryl/α,β-unsaturated/α-hetero) is 1. The molecular weight excluding hydrogens is 508 g/mol. The lowest BCUT2D eigenvalue weighted by atomic mass is 9.95. The van der Waals surface area contributed by atoms with Gasteiger partial charge in [0.15, 0.2) is 0 Å². The van der Waals surface area contributed by atoms with Crippen molar-refractivity contribution in [3.05, 3.63) is 40.6 Å². The molecule has 14 nitrogen and oxygen atoms in total. The molecule has 0 aliphatic heterocycles. The van der Waals surface area contributed by atoms with Gasteiger partial charge in [0, 0.05) is 32.8 Å². The molecule has 2 aliphatic rings. The molecule has 14 heteroatoms. The summed E-state index contributed by atoms with van der Waals surface area (Å²) in [5.74, 6) is -2.18. The van der Waals surface area contributed by atoms with E-state index in [9.17, 15) is 28.8 Å². The van der Waals surface area contributed by atoms with Gasteiger partial charge in [-0.2, -0.15) is 0 Å². The molecule has 2 aliphatic carbocycles. The highest BCUT2D eigenvalue weighted by Crippen LogP contribution is 2.44. The summed E-state index contributed by atoms with van der Waals surface area (Å²) >= 11 is 0. The Balaban J connectivity index is 1.43. The number of hydrogen-bond donors (Lipinski definition) is 4. The van der Waals surface area contributed by atoms with Gasteiger partial charge in [0.2, 0.25) is 17.6 Å². The maximum absolute atomic E-state index is 13.1. The third-order valence-electron chi connectivity index (χ3n) is 7.39. The van der Waals surface area contributed by atoms with Gasteiger partial charge in [-0.25, -0.2) is 4.68 Å². The molecule has 2 aromatic rings. The number of carbonyl (C=O) groups is 5. The maximum atomic E-state index is 13.1. The van der Waals surface area contributed by atoms with Crippen molar-refractivity contribution in [2.75, 3.05) is 12.4 Å². The van der Waals surface area contributed by atoms with Crippen LogP contribution in [0.15, 0.2) is 29.3 Å². The molecule has 39 heavy (non-hydrogen) atoms. The lowest BCUT2D eigenvalue weighted by molar-refractivity contribution is -0.137. The molecule has 0 saturated heterocycles. The van der Waals surface area contributed by atoms with E-state index in [1.165, 1.54) is 54.3 Å². The van der Waals surface area contributed by atoms with E-state index in [2.05, 4.69) is 31.6 Å². The van der Waals surface area contributed by atoms with Crippen LogP contribution in [0.1, 0.15) is 49.0 Å². The number of aromatic nitrogens is 4. The molecule has 2 aromatic heterocycles. The summed E-state index contributed by atoms with van der Waals surface area (Å²) in [5.41, 5.74) is -0.639. The van der Waals surface area contributed by atoms with Gasteiger partial charge in [-0.3, -0.25) is 28.8 Å². The molecule has 2 unspecified atom stereocenters. The number of rotatable bonds is 11. The highest BCUT2D eigenvalue weighted by Gasteiger charge is 2.40. The predicted octanol–water partition coefficient (Wildman–Crippen LogP) is -0.886. The lowest BCUT2D eigenvalue weighted by Crippen LogP contribution is -2.46. The van der Waals surface area contributed by atoms with Gasteiger partial charge in [0.05, 0.1) is 6.20 Å². The van der Waals surface area contributed by atoms with E-state index < -0.39 is 35.1 Å². The summed E-state index contributed by atoms with van der Waals surface area (Å²) in [5, 5.41) is 17.5. The van der Waals surface area contributed by atoms with Gasteiger partial charge < -0.3 is 25.8 Å². The van der Waals surface area contributed by atoms with E-state index in [4.69, 9.17) is 0 Å². The zero-order chi connectivity index (χ0) is 28.1. The Bertz CT molecular complexity index is 1330. The van der Waals surface area contributed by atoms with Crippen LogP contribution in [0.25, 0.3) is 0 Å². The fourth-order valence-electron chi connectivity index (χ4n) is 5.33. The van der Waals surface area contributed by atoms with Crippen molar-refractivity contribution in [1.82, 2.24) is 35.5 Å². The van der Waals surface area contributed by atoms with Gasteiger partial charge in [-0.15, -0.1) is 5.10 Å². The fraction of sp³-hybridized carbons (Fsp3) is 0.520. The largest absolute Gasteiger partial charge is 0.353 e. The SMILES string of the molecule is CNC(=O)C(=O)CC[C@H](NC(=O)c1cnnn1C)C(=O)Nc1cccn(CC(=O)N[C@@H]2CC3CCC2C3)c1=O. The third-order valence-corrected chi connectivity index (χ3v) is 7.39. The molecule has 2 fully saturated rings. The van der Waals surface area contributed by atoms with E-state index in [1.807, 2.05) is 0 Å². The highest BCUT2D eigenvalue weighted by atomic mass is 16.2. The van der Waals surface area contributed by atoms with Crippen LogP contribution >= 0.6 is 0 Å². The Labute approximate surface area is 223 Å². The number of nitrogens with zero attached hydrogens (tertiary/aromatic N) is 4. The molecule has 208 valence electrons. The third kappa shape index (κ3) is 6.56. The van der Waals surface area contributed by atoms with Crippen LogP contribution in [-0.2, 0) is 32.8 Å². The van der Waals surface area contributed by atoms with Crippen LogP contribution < -0.4 is 26.8 Å². The van der Waals surface area contributed by atoms with Crippen LogP contribution in [-0.4, -0.2) is 68.1 Å². The first-order chi connectivity index (χ1) is 18.7. The van der Waals surface area contributed by atoms with Crippen molar-refractivity contribution >= 4 is 35.1 Å². The molecule has 2 saturated carbocycles. The van der Waals surface area contributed by atoms with E-state index in [1.54, 1.807) is 0 Å². The topological polar surface area (TPSA) is 186 Å². The second kappa shape index (κ2) is 12.0. The van der Waals surface area contributed by atoms with Crippen molar-refractivity contribution in [1.29, 1.82) is 0 Å². The molecule has 4 amide bonds. The minimum Gasteiger partial charge on any atom is -0.353 e. The first-order valence-electron chi connectivity index (χ1n) is 12.9. The fourth-order valence-corrected chi connectivity index (χ4v) is 5.33. The Morgan fingerprint density at radius 2 is 1.95 bits per heavy atom. The van der Waals surface area contributed by atoms with Gasteiger partial charge in [-0.1, -0.05) is 11.6 Å². The minimum absolute atomic E-state index is 0.0639. The number of amides is 4. The van der Waals surface area contributed by atoms with Gasteiger partial charge in [-0.05, 0) is 49.7 Å². The summed E-state index contributed by atoms with van der Waals surface area (Å²) < 4.78 is 2.40. The Kier molecular flexibility index (Phi) is 8.52. The number of nitrogens with one attached hydrogen (secondary N) is 4. The van der Waals surface area contributed by atoms with E-state index in [0.29, 0.717) is 11.8 Å². The number of likely N-dealkylation sites (N-methyl/N-ethyl adjacent to an activating group) is 1. The second-order valence-corrected chi connectivity index (χ2v) is 10.0. The first kappa shape index (κ1) is 27.7. The normalized spacial score (nSPS) is 20.2. The predicted molar refractivity (Wildman–Crippen MR) is 137 cm³/mol. The number of fused-ring (bicyclic) bond motifs is 2. The van der Waals surface area contributed by atoms with Crippen molar-refractivity contribution in [2.24, 2.45) is 18.9 Å². The van der Waals surface area contributed by atoms with E-state index in [-0.39, 0.29) is 42.7 Å². The molecule has 0 aromatic carbocycles. The molecule has 4 atom stereocenters. The Morgan fingerprint density at radius 1 is 1.15 bits per heavy atom. The number of pyridine rings is 1. The first-order valence-corrected chi connectivity index (χ1v) is 12.9. The lowest BCUT2D eigenvalue weighted by Gasteiger charge is -2.23. The minimum atomic E-state index is -1.27. The summed E-state index contributed by atoms with van der Waals surface area (Å²) in [7, 11) is 2.80. The summed E-state index contributed by atoms with van der Waals surface area (Å²) in [6, 6.07) is 1.76. The van der Waals surface area contributed by atoms with Crippen LogP contribution in [0, 0.1) is 11.8 Å². The van der Waals surface area contributed by atoms with Crippen LogP contribution in [0.3, 0.4) is 0 Å². The van der Waals surface area contributed by atoms with Gasteiger partial charge in [0.1, 0.15) is 24.0 Å². The smallest absolute Gasteiger partial charge is 0.287 e. The zero-order valence-corrected chi connectivity index (χ0v) is 21.8. The van der Waals surface area contributed by atoms with E-state index in [0.717, 1.165) is 19.3 Å². The number of anilines is 1. The molecule has 4 rings (SSSR count). The van der Waals surface area contributed by atoms with Gasteiger partial charge in [0.25, 0.3) is 17.4 Å².